The quantitative estimate of drug-likeness (QED) is 0.568. The van der Waals surface area contributed by atoms with Crippen LogP contribution in [0.25, 0.3) is 0 Å². The van der Waals surface area contributed by atoms with Crippen LogP contribution >= 0.6 is 0 Å². The minimum Gasteiger partial charge on any atom is -0.454 e. The van der Waals surface area contributed by atoms with Crippen molar-refractivity contribution in [2.24, 2.45) is 9.98 Å². The summed E-state index contributed by atoms with van der Waals surface area (Å²) in [5, 5.41) is 0. The van der Waals surface area contributed by atoms with Crippen LogP contribution < -0.4 is 0 Å². The van der Waals surface area contributed by atoms with E-state index in [2.05, 4.69) is 36.0 Å². The molecule has 0 radical (unpaired) electrons. The second-order valence-corrected chi connectivity index (χ2v) is 5.78. The van der Waals surface area contributed by atoms with E-state index >= 15 is 0 Å². The average Bonchev–Trinajstić information content (AvgIpc) is 3.01. The third kappa shape index (κ3) is 3.69. The lowest BCUT2D eigenvalue weighted by atomic mass is 10.1. The predicted molar refractivity (Wildman–Crippen MR) is 100 cm³/mol. The molecule has 3 aromatic rings. The molecule has 0 aliphatic rings. The van der Waals surface area contributed by atoms with Crippen LogP contribution in [-0.2, 0) is 0 Å². The molecule has 1 aromatic heterocycles. The number of furan rings is 1. The van der Waals surface area contributed by atoms with Gasteiger partial charge in [0.05, 0.1) is 23.8 Å². The van der Waals surface area contributed by atoms with Gasteiger partial charge in [0, 0.05) is 0 Å². The summed E-state index contributed by atoms with van der Waals surface area (Å²) in [4.78, 5) is 9.03. The first-order valence-corrected chi connectivity index (χ1v) is 7.93. The van der Waals surface area contributed by atoms with Gasteiger partial charge in [0.25, 0.3) is 0 Å². The molecule has 0 aliphatic heterocycles. The van der Waals surface area contributed by atoms with E-state index in [0.717, 1.165) is 28.1 Å². The molecule has 2 aromatic carbocycles. The smallest absolute Gasteiger partial charge is 0.145 e. The Hall–Kier alpha value is -2.94. The summed E-state index contributed by atoms with van der Waals surface area (Å²) in [5.41, 5.74) is 5.37. The highest BCUT2D eigenvalue weighted by Gasteiger charge is 2.01. The molecule has 0 bridgehead atoms. The van der Waals surface area contributed by atoms with Crippen molar-refractivity contribution in [2.75, 3.05) is 0 Å². The van der Waals surface area contributed by atoms with Gasteiger partial charge in [0.15, 0.2) is 0 Å². The molecule has 0 aliphatic carbocycles. The normalized spacial score (nSPS) is 11.6. The number of nitrogens with zero attached hydrogens (tertiary/aromatic N) is 2. The van der Waals surface area contributed by atoms with Gasteiger partial charge >= 0.3 is 0 Å². The summed E-state index contributed by atoms with van der Waals surface area (Å²) in [6.07, 6.45) is 3.49. The number of aliphatic imine (C=N–C) groups is 2. The Morgan fingerprint density at radius 1 is 0.667 bits per heavy atom. The molecule has 1 heterocycles. The lowest BCUT2D eigenvalue weighted by molar-refractivity contribution is 0.553. The maximum Gasteiger partial charge on any atom is 0.145 e. The monoisotopic (exact) mass is 316 g/mol. The number of hydrogen-bond acceptors (Lipinski definition) is 3. The zero-order valence-electron chi connectivity index (χ0n) is 14.2. The Bertz CT molecular complexity index is 883. The fourth-order valence-corrected chi connectivity index (χ4v) is 2.49. The molecule has 0 fully saturated rings. The van der Waals surface area contributed by atoms with Gasteiger partial charge in [-0.2, -0.15) is 0 Å². The van der Waals surface area contributed by atoms with E-state index in [1.54, 1.807) is 12.4 Å². The van der Waals surface area contributed by atoms with E-state index in [-0.39, 0.29) is 0 Å². The molecule has 24 heavy (non-hydrogen) atoms. The minimum atomic E-state index is 0.709. The molecule has 120 valence electrons. The lowest BCUT2D eigenvalue weighted by Gasteiger charge is -2.02. The Balaban J connectivity index is 1.77. The van der Waals surface area contributed by atoms with Crippen LogP contribution in [-0.4, -0.2) is 12.4 Å². The van der Waals surface area contributed by atoms with Crippen LogP contribution in [0.3, 0.4) is 0 Å². The van der Waals surface area contributed by atoms with Gasteiger partial charge in [-0.25, -0.2) is 0 Å². The SMILES string of the molecule is Cc1ccccc1N=Cc1ccc(C=Nc2c(C)cccc2C)o1. The van der Waals surface area contributed by atoms with Gasteiger partial charge in [-0.3, -0.25) is 9.98 Å². The summed E-state index contributed by atoms with van der Waals surface area (Å²) in [6.45, 7) is 6.15. The highest BCUT2D eigenvalue weighted by molar-refractivity contribution is 5.84. The molecular weight excluding hydrogens is 296 g/mol. The van der Waals surface area contributed by atoms with E-state index in [9.17, 15) is 0 Å². The molecule has 3 rings (SSSR count). The van der Waals surface area contributed by atoms with Crippen molar-refractivity contribution in [3.8, 4) is 0 Å². The van der Waals surface area contributed by atoms with Crippen LogP contribution in [0.1, 0.15) is 28.2 Å². The van der Waals surface area contributed by atoms with Crippen molar-refractivity contribution >= 4 is 23.8 Å². The number of rotatable bonds is 4. The highest BCUT2D eigenvalue weighted by atomic mass is 16.3. The van der Waals surface area contributed by atoms with Crippen LogP contribution in [0.2, 0.25) is 0 Å². The first kappa shape index (κ1) is 15.9. The van der Waals surface area contributed by atoms with Crippen LogP contribution in [0, 0.1) is 20.8 Å². The molecule has 0 unspecified atom stereocenters. The number of para-hydroxylation sites is 2. The Morgan fingerprint density at radius 2 is 1.25 bits per heavy atom. The second-order valence-electron chi connectivity index (χ2n) is 5.78. The number of hydrogen-bond donors (Lipinski definition) is 0. The highest BCUT2D eigenvalue weighted by Crippen LogP contribution is 2.23. The van der Waals surface area contributed by atoms with Gasteiger partial charge in [0.2, 0.25) is 0 Å². The average molecular weight is 316 g/mol. The third-order valence-corrected chi connectivity index (χ3v) is 3.85. The molecular formula is C21H20N2O. The van der Waals surface area contributed by atoms with Gasteiger partial charge in [0.1, 0.15) is 11.5 Å². The first-order valence-electron chi connectivity index (χ1n) is 7.93. The van der Waals surface area contributed by atoms with Crippen molar-refractivity contribution in [1.82, 2.24) is 0 Å². The molecule has 0 amide bonds. The van der Waals surface area contributed by atoms with Gasteiger partial charge < -0.3 is 4.42 Å². The number of aryl methyl sites for hydroxylation is 3. The Labute approximate surface area is 142 Å². The zero-order chi connectivity index (χ0) is 16.9. The zero-order valence-corrected chi connectivity index (χ0v) is 14.2. The van der Waals surface area contributed by atoms with Crippen molar-refractivity contribution in [1.29, 1.82) is 0 Å². The Kier molecular flexibility index (Phi) is 4.71. The van der Waals surface area contributed by atoms with Crippen molar-refractivity contribution < 1.29 is 4.42 Å². The van der Waals surface area contributed by atoms with E-state index in [1.807, 2.05) is 49.4 Å². The standard InChI is InChI=1S/C21H20N2O/c1-15-7-4-5-10-20(15)22-13-18-11-12-19(24-18)14-23-21-16(2)8-6-9-17(21)3/h4-14H,1-3H3. The van der Waals surface area contributed by atoms with E-state index in [1.165, 1.54) is 0 Å². The largest absolute Gasteiger partial charge is 0.454 e. The van der Waals surface area contributed by atoms with Crippen LogP contribution in [0.15, 0.2) is 69.0 Å². The summed E-state index contributed by atoms with van der Waals surface area (Å²) >= 11 is 0. The topological polar surface area (TPSA) is 37.9 Å². The maximum absolute atomic E-state index is 5.75. The lowest BCUT2D eigenvalue weighted by Crippen LogP contribution is -1.82. The summed E-state index contributed by atoms with van der Waals surface area (Å²) in [5.74, 6) is 1.42. The van der Waals surface area contributed by atoms with Gasteiger partial charge in [-0.1, -0.05) is 36.4 Å². The van der Waals surface area contributed by atoms with Crippen molar-refractivity contribution in [3.63, 3.8) is 0 Å². The maximum atomic E-state index is 5.75. The van der Waals surface area contributed by atoms with Gasteiger partial charge in [-0.05, 0) is 55.7 Å². The second kappa shape index (κ2) is 7.09. The predicted octanol–water partition coefficient (Wildman–Crippen LogP) is 5.71. The molecule has 3 heteroatoms. The minimum absolute atomic E-state index is 0.709. The summed E-state index contributed by atoms with van der Waals surface area (Å²) in [6, 6.07) is 18.0. The Morgan fingerprint density at radius 3 is 1.92 bits per heavy atom. The molecule has 0 saturated heterocycles. The molecule has 0 saturated carbocycles. The van der Waals surface area contributed by atoms with E-state index in [4.69, 9.17) is 4.42 Å². The van der Waals surface area contributed by atoms with E-state index in [0.29, 0.717) is 11.5 Å². The fourth-order valence-electron chi connectivity index (χ4n) is 2.49. The van der Waals surface area contributed by atoms with Crippen LogP contribution in [0.5, 0.6) is 0 Å². The van der Waals surface area contributed by atoms with Crippen LogP contribution in [0.4, 0.5) is 11.4 Å². The van der Waals surface area contributed by atoms with Crippen molar-refractivity contribution in [2.45, 2.75) is 20.8 Å². The number of benzene rings is 2. The summed E-state index contributed by atoms with van der Waals surface area (Å²) in [7, 11) is 0. The first-order chi connectivity index (χ1) is 11.6. The van der Waals surface area contributed by atoms with E-state index < -0.39 is 0 Å². The molecule has 3 nitrogen and oxygen atoms in total. The summed E-state index contributed by atoms with van der Waals surface area (Å²) < 4.78 is 5.75. The molecule has 0 spiro atoms. The third-order valence-electron chi connectivity index (χ3n) is 3.85. The molecule has 0 atom stereocenters. The fraction of sp³-hybridized carbons (Fsp3) is 0.143. The van der Waals surface area contributed by atoms with Gasteiger partial charge in [-0.15, -0.1) is 0 Å². The molecule has 0 N–H and O–H groups in total. The van der Waals surface area contributed by atoms with Crippen molar-refractivity contribution in [3.05, 3.63) is 82.8 Å².